The summed E-state index contributed by atoms with van der Waals surface area (Å²) in [6.07, 6.45) is 0.937. The molecule has 0 amide bonds. The van der Waals surface area contributed by atoms with Crippen molar-refractivity contribution in [2.24, 2.45) is 0 Å². The maximum absolute atomic E-state index is 5.74. The molecule has 0 aliphatic heterocycles. The number of hydrogen-bond donors (Lipinski definition) is 1. The first kappa shape index (κ1) is 15.4. The van der Waals surface area contributed by atoms with Crippen molar-refractivity contribution < 1.29 is 0 Å². The van der Waals surface area contributed by atoms with E-state index in [1.54, 1.807) is 0 Å². The minimum atomic E-state index is 0.0149. The zero-order valence-electron chi connectivity index (χ0n) is 13.8. The normalized spacial score (nSPS) is 11.4. The quantitative estimate of drug-likeness (QED) is 0.660. The lowest BCUT2D eigenvalue weighted by molar-refractivity contribution is 0.640. The van der Waals surface area contributed by atoms with Gasteiger partial charge in [0.1, 0.15) is 0 Å². The van der Waals surface area contributed by atoms with Crippen LogP contribution in [0.3, 0.4) is 0 Å². The van der Waals surface area contributed by atoms with Crippen LogP contribution >= 0.6 is 0 Å². The monoisotopic (exact) mass is 301 g/mol. The van der Waals surface area contributed by atoms with Gasteiger partial charge in [-0.2, -0.15) is 0 Å². The predicted molar refractivity (Wildman–Crippen MR) is 98.7 cm³/mol. The van der Waals surface area contributed by atoms with E-state index in [2.05, 4.69) is 80.6 Å². The largest absolute Gasteiger partial charge is 0.399 e. The molecule has 0 aliphatic rings. The van der Waals surface area contributed by atoms with Crippen molar-refractivity contribution in [2.75, 3.05) is 5.73 Å². The van der Waals surface area contributed by atoms with E-state index in [0.717, 1.165) is 12.1 Å². The minimum absolute atomic E-state index is 0.0149. The second-order valence-electron chi connectivity index (χ2n) is 6.61. The lowest BCUT2D eigenvalue weighted by Gasteiger charge is -2.26. The molecule has 1 nitrogen and oxygen atoms in total. The van der Waals surface area contributed by atoms with Crippen LogP contribution in [0.4, 0.5) is 5.69 Å². The fourth-order valence-corrected chi connectivity index (χ4v) is 2.93. The molecule has 1 heteroatoms. The topological polar surface area (TPSA) is 26.0 Å². The molecule has 0 aromatic heterocycles. The summed E-state index contributed by atoms with van der Waals surface area (Å²) in [5, 5.41) is 0. The molecule has 0 saturated carbocycles. The van der Waals surface area contributed by atoms with Crippen LogP contribution in [0.25, 0.3) is 0 Å². The van der Waals surface area contributed by atoms with Gasteiger partial charge in [0.15, 0.2) is 0 Å². The van der Waals surface area contributed by atoms with Crippen LogP contribution in [0.5, 0.6) is 0 Å². The third-order valence-electron chi connectivity index (χ3n) is 4.56. The van der Waals surface area contributed by atoms with E-state index in [1.165, 1.54) is 22.3 Å². The third kappa shape index (κ3) is 3.45. The molecule has 2 N–H and O–H groups in total. The van der Waals surface area contributed by atoms with Crippen molar-refractivity contribution >= 4 is 5.69 Å². The van der Waals surface area contributed by atoms with Gasteiger partial charge >= 0.3 is 0 Å². The number of anilines is 1. The van der Waals surface area contributed by atoms with Crippen molar-refractivity contribution in [3.8, 4) is 0 Å². The summed E-state index contributed by atoms with van der Waals surface area (Å²) < 4.78 is 0. The molecule has 0 radical (unpaired) electrons. The number of nitrogens with two attached hydrogens (primary N) is 1. The highest BCUT2D eigenvalue weighted by Crippen LogP contribution is 2.31. The average Bonchev–Trinajstić information content (AvgIpc) is 2.58. The van der Waals surface area contributed by atoms with Gasteiger partial charge in [0.2, 0.25) is 0 Å². The number of rotatable bonds is 4. The summed E-state index contributed by atoms with van der Waals surface area (Å²) in [6.45, 7) is 4.55. The lowest BCUT2D eigenvalue weighted by Crippen LogP contribution is -2.18. The second kappa shape index (κ2) is 6.29. The van der Waals surface area contributed by atoms with Crippen LogP contribution in [0.15, 0.2) is 78.9 Å². The van der Waals surface area contributed by atoms with Crippen LogP contribution < -0.4 is 5.73 Å². The standard InChI is InChI=1S/C22H23N/c1-22(2,19-6-4-3-5-7-19)20-12-8-17(9-13-20)16-18-10-14-21(23)15-11-18/h3-15H,16,23H2,1-2H3. The van der Waals surface area contributed by atoms with E-state index in [9.17, 15) is 0 Å². The molecule has 3 rings (SSSR count). The second-order valence-corrected chi connectivity index (χ2v) is 6.61. The van der Waals surface area contributed by atoms with E-state index in [1.807, 2.05) is 12.1 Å². The zero-order chi connectivity index (χ0) is 16.3. The van der Waals surface area contributed by atoms with Gasteiger partial charge in [0.25, 0.3) is 0 Å². The van der Waals surface area contributed by atoms with E-state index >= 15 is 0 Å². The minimum Gasteiger partial charge on any atom is -0.399 e. The maximum Gasteiger partial charge on any atom is 0.0314 e. The first-order chi connectivity index (χ1) is 11.1. The Bertz CT molecular complexity index is 753. The fraction of sp³-hybridized carbons (Fsp3) is 0.182. The summed E-state index contributed by atoms with van der Waals surface area (Å²) in [5.41, 5.74) is 11.9. The summed E-state index contributed by atoms with van der Waals surface area (Å²) in [7, 11) is 0. The maximum atomic E-state index is 5.74. The SMILES string of the molecule is CC(C)(c1ccccc1)c1ccc(Cc2ccc(N)cc2)cc1. The van der Waals surface area contributed by atoms with Gasteiger partial charge in [0.05, 0.1) is 0 Å². The van der Waals surface area contributed by atoms with Crippen molar-refractivity contribution in [1.29, 1.82) is 0 Å². The Hall–Kier alpha value is -2.54. The smallest absolute Gasteiger partial charge is 0.0314 e. The summed E-state index contributed by atoms with van der Waals surface area (Å²) in [5.74, 6) is 0. The zero-order valence-corrected chi connectivity index (χ0v) is 13.8. The highest BCUT2D eigenvalue weighted by molar-refractivity contribution is 5.42. The average molecular weight is 301 g/mol. The van der Waals surface area contributed by atoms with Gasteiger partial charge in [-0.15, -0.1) is 0 Å². The van der Waals surface area contributed by atoms with Crippen LogP contribution in [0, 0.1) is 0 Å². The molecule has 0 bridgehead atoms. The van der Waals surface area contributed by atoms with Crippen LogP contribution in [-0.2, 0) is 11.8 Å². The Kier molecular flexibility index (Phi) is 4.20. The highest BCUT2D eigenvalue weighted by Gasteiger charge is 2.22. The third-order valence-corrected chi connectivity index (χ3v) is 4.56. The molecule has 0 heterocycles. The van der Waals surface area contributed by atoms with E-state index in [4.69, 9.17) is 5.73 Å². The Morgan fingerprint density at radius 2 is 1.13 bits per heavy atom. The number of hydrogen-bond acceptors (Lipinski definition) is 1. The molecule has 0 fully saturated rings. The van der Waals surface area contributed by atoms with Crippen molar-refractivity contribution in [1.82, 2.24) is 0 Å². The Balaban J connectivity index is 1.80. The van der Waals surface area contributed by atoms with Gasteiger partial charge in [-0.3, -0.25) is 0 Å². The van der Waals surface area contributed by atoms with E-state index < -0.39 is 0 Å². The van der Waals surface area contributed by atoms with Gasteiger partial charge < -0.3 is 5.73 Å². The van der Waals surface area contributed by atoms with Gasteiger partial charge in [-0.05, 0) is 40.8 Å². The molecular formula is C22H23N. The number of nitrogen functional groups attached to an aromatic ring is 1. The van der Waals surface area contributed by atoms with Crippen LogP contribution in [0.2, 0.25) is 0 Å². The Morgan fingerprint density at radius 1 is 0.652 bits per heavy atom. The van der Waals surface area contributed by atoms with Gasteiger partial charge in [-0.25, -0.2) is 0 Å². The molecule has 23 heavy (non-hydrogen) atoms. The first-order valence-corrected chi connectivity index (χ1v) is 8.05. The molecule has 0 saturated heterocycles. The van der Waals surface area contributed by atoms with Crippen LogP contribution in [-0.4, -0.2) is 0 Å². The predicted octanol–water partition coefficient (Wildman–Crippen LogP) is 5.19. The molecular weight excluding hydrogens is 278 g/mol. The molecule has 3 aromatic carbocycles. The van der Waals surface area contributed by atoms with Gasteiger partial charge in [0, 0.05) is 11.1 Å². The molecule has 3 aromatic rings. The Morgan fingerprint density at radius 3 is 1.70 bits per heavy atom. The van der Waals surface area contributed by atoms with Crippen LogP contribution in [0.1, 0.15) is 36.1 Å². The molecule has 0 aliphatic carbocycles. The van der Waals surface area contributed by atoms with Crippen molar-refractivity contribution in [2.45, 2.75) is 25.7 Å². The fourth-order valence-electron chi connectivity index (χ4n) is 2.93. The molecule has 0 spiro atoms. The first-order valence-electron chi connectivity index (χ1n) is 8.05. The summed E-state index contributed by atoms with van der Waals surface area (Å²) >= 11 is 0. The summed E-state index contributed by atoms with van der Waals surface area (Å²) in [4.78, 5) is 0. The van der Waals surface area contributed by atoms with E-state index in [-0.39, 0.29) is 5.41 Å². The highest BCUT2D eigenvalue weighted by atomic mass is 14.5. The summed E-state index contributed by atoms with van der Waals surface area (Å²) in [6, 6.07) is 27.7. The Labute approximate surface area is 138 Å². The van der Waals surface area contributed by atoms with Crippen molar-refractivity contribution in [3.63, 3.8) is 0 Å². The van der Waals surface area contributed by atoms with Crippen molar-refractivity contribution in [3.05, 3.63) is 101 Å². The van der Waals surface area contributed by atoms with E-state index in [0.29, 0.717) is 0 Å². The lowest BCUT2D eigenvalue weighted by atomic mass is 9.78. The molecule has 0 unspecified atom stereocenters. The van der Waals surface area contributed by atoms with Gasteiger partial charge in [-0.1, -0.05) is 80.6 Å². The molecule has 0 atom stereocenters. The molecule has 116 valence electrons. The number of benzene rings is 3.